The molecule has 0 saturated heterocycles. The van der Waals surface area contributed by atoms with Gasteiger partial charge in [-0.15, -0.1) is 0 Å². The molecule has 7 heteroatoms. The molecule has 102 valence electrons. The average Bonchev–Trinajstić information content (AvgIpc) is 3.14. The summed E-state index contributed by atoms with van der Waals surface area (Å²) >= 11 is 0. The molecule has 1 atom stereocenters. The number of carbonyl (C=O) groups excluding carboxylic acids is 2. The second-order valence-corrected chi connectivity index (χ2v) is 4.26. The third-order valence-electron chi connectivity index (χ3n) is 2.67. The molecule has 0 aromatic heterocycles. The minimum absolute atomic E-state index is 0.0224. The van der Waals surface area contributed by atoms with E-state index in [-0.39, 0.29) is 18.4 Å². The highest BCUT2D eigenvalue weighted by molar-refractivity contribution is 5.82. The predicted octanol–water partition coefficient (Wildman–Crippen LogP) is -0.325. The molecule has 0 aromatic carbocycles. The lowest BCUT2D eigenvalue weighted by atomic mass is 10.2. The summed E-state index contributed by atoms with van der Waals surface area (Å²) in [5.74, 6) is -0.890. The topological polar surface area (TPSA) is 108 Å². The average molecular weight is 257 g/mol. The van der Waals surface area contributed by atoms with Crippen LogP contribution in [-0.2, 0) is 9.59 Å². The van der Waals surface area contributed by atoms with Crippen LogP contribution in [0.2, 0.25) is 0 Å². The summed E-state index contributed by atoms with van der Waals surface area (Å²) in [6, 6.07) is -1.42. The Bertz CT molecular complexity index is 328. The zero-order valence-corrected chi connectivity index (χ0v) is 10.4. The Morgan fingerprint density at radius 2 is 1.83 bits per heavy atom. The number of carbonyl (C=O) groups is 3. The van der Waals surface area contributed by atoms with Crippen molar-refractivity contribution < 1.29 is 19.5 Å². The zero-order chi connectivity index (χ0) is 13.5. The highest BCUT2D eigenvalue weighted by Gasteiger charge is 2.29. The van der Waals surface area contributed by atoms with Crippen molar-refractivity contribution in [2.45, 2.75) is 32.2 Å². The molecule has 18 heavy (non-hydrogen) atoms. The molecule has 0 bridgehead atoms. The van der Waals surface area contributed by atoms with Crippen molar-refractivity contribution >= 4 is 17.9 Å². The first-order valence-electron chi connectivity index (χ1n) is 6.09. The monoisotopic (exact) mass is 257 g/mol. The lowest BCUT2D eigenvalue weighted by Crippen LogP contribution is -2.47. The molecule has 0 heterocycles. The van der Waals surface area contributed by atoms with E-state index in [4.69, 9.17) is 5.11 Å². The minimum atomic E-state index is -1.06. The van der Waals surface area contributed by atoms with Gasteiger partial charge in [-0.2, -0.15) is 0 Å². The second kappa shape index (κ2) is 6.83. The molecule has 4 N–H and O–H groups in total. The van der Waals surface area contributed by atoms with E-state index in [2.05, 4.69) is 16.0 Å². The number of hydrogen-bond donors (Lipinski definition) is 4. The van der Waals surface area contributed by atoms with Gasteiger partial charge in [0, 0.05) is 19.0 Å². The molecule has 1 fully saturated rings. The highest BCUT2D eigenvalue weighted by Crippen LogP contribution is 2.28. The maximum Gasteiger partial charge on any atom is 0.326 e. The number of amides is 3. The van der Waals surface area contributed by atoms with Gasteiger partial charge in [0.1, 0.15) is 6.04 Å². The number of carboxylic acid groups (broad SMARTS) is 1. The molecular weight excluding hydrogens is 238 g/mol. The summed E-state index contributed by atoms with van der Waals surface area (Å²) in [7, 11) is 0. The smallest absolute Gasteiger partial charge is 0.326 e. The maximum absolute atomic E-state index is 11.3. The summed E-state index contributed by atoms with van der Waals surface area (Å²) in [6.07, 6.45) is 2.20. The Morgan fingerprint density at radius 1 is 1.22 bits per heavy atom. The molecular formula is C11H19N3O4. The van der Waals surface area contributed by atoms with Crippen molar-refractivity contribution in [2.24, 2.45) is 5.92 Å². The molecule has 3 amide bonds. The van der Waals surface area contributed by atoms with E-state index >= 15 is 0 Å². The van der Waals surface area contributed by atoms with Gasteiger partial charge in [-0.1, -0.05) is 6.92 Å². The Hall–Kier alpha value is -1.79. The van der Waals surface area contributed by atoms with Crippen molar-refractivity contribution in [3.63, 3.8) is 0 Å². The van der Waals surface area contributed by atoms with Crippen molar-refractivity contribution in [2.75, 3.05) is 13.1 Å². The first kappa shape index (κ1) is 14.3. The van der Waals surface area contributed by atoms with Gasteiger partial charge in [0.2, 0.25) is 5.91 Å². The number of rotatable bonds is 7. The van der Waals surface area contributed by atoms with Gasteiger partial charge in [0.15, 0.2) is 0 Å². The van der Waals surface area contributed by atoms with Gasteiger partial charge in [-0.25, -0.2) is 9.59 Å². The van der Waals surface area contributed by atoms with Crippen molar-refractivity contribution in [3.05, 3.63) is 0 Å². The first-order chi connectivity index (χ1) is 8.54. The Labute approximate surface area is 105 Å². The highest BCUT2D eigenvalue weighted by atomic mass is 16.4. The van der Waals surface area contributed by atoms with Crippen LogP contribution in [0.4, 0.5) is 4.79 Å². The Morgan fingerprint density at radius 3 is 2.33 bits per heavy atom. The van der Waals surface area contributed by atoms with Crippen LogP contribution in [0.3, 0.4) is 0 Å². The van der Waals surface area contributed by atoms with Crippen molar-refractivity contribution in [1.29, 1.82) is 0 Å². The number of carboxylic acids is 1. The number of hydrogen-bond acceptors (Lipinski definition) is 3. The largest absolute Gasteiger partial charge is 0.480 e. The predicted molar refractivity (Wildman–Crippen MR) is 64.0 cm³/mol. The molecule has 0 aromatic rings. The fourth-order valence-electron chi connectivity index (χ4n) is 1.40. The first-order valence-corrected chi connectivity index (χ1v) is 6.09. The van der Waals surface area contributed by atoms with E-state index < -0.39 is 18.0 Å². The van der Waals surface area contributed by atoms with E-state index in [1.54, 1.807) is 6.92 Å². The summed E-state index contributed by atoms with van der Waals surface area (Å²) < 4.78 is 0. The van der Waals surface area contributed by atoms with Crippen LogP contribution in [0.5, 0.6) is 0 Å². The lowest BCUT2D eigenvalue weighted by Gasteiger charge is -2.13. The second-order valence-electron chi connectivity index (χ2n) is 4.26. The third-order valence-corrected chi connectivity index (χ3v) is 2.67. The molecule has 7 nitrogen and oxygen atoms in total. The number of nitrogens with one attached hydrogen (secondary N) is 3. The van der Waals surface area contributed by atoms with E-state index in [0.29, 0.717) is 13.0 Å². The molecule has 1 aliphatic rings. The standard InChI is InChI=1S/C11H19N3O4/c1-2-8(10(16)17)14-11(18)13-6-5-12-9(15)7-3-4-7/h7-8H,2-6H2,1H3,(H,12,15)(H,16,17)(H2,13,14,18). The van der Waals surface area contributed by atoms with Gasteiger partial charge >= 0.3 is 12.0 Å². The Balaban J connectivity index is 2.08. The molecule has 1 aliphatic carbocycles. The number of urea groups is 1. The van der Waals surface area contributed by atoms with Gasteiger partial charge < -0.3 is 21.1 Å². The summed E-state index contributed by atoms with van der Waals surface area (Å²) in [4.78, 5) is 33.2. The molecule has 1 saturated carbocycles. The van der Waals surface area contributed by atoms with Crippen LogP contribution < -0.4 is 16.0 Å². The maximum atomic E-state index is 11.3. The fraction of sp³-hybridized carbons (Fsp3) is 0.727. The van der Waals surface area contributed by atoms with Gasteiger partial charge in [-0.05, 0) is 19.3 Å². The van der Waals surface area contributed by atoms with Crippen molar-refractivity contribution in [1.82, 2.24) is 16.0 Å². The molecule has 0 aliphatic heterocycles. The SMILES string of the molecule is CCC(NC(=O)NCCNC(=O)C1CC1)C(=O)O. The molecule has 1 rings (SSSR count). The Kier molecular flexibility index (Phi) is 5.41. The van der Waals surface area contributed by atoms with Crippen LogP contribution in [0.25, 0.3) is 0 Å². The molecule has 1 unspecified atom stereocenters. The van der Waals surface area contributed by atoms with E-state index in [1.807, 2.05) is 0 Å². The van der Waals surface area contributed by atoms with Crippen LogP contribution in [0, 0.1) is 5.92 Å². The van der Waals surface area contributed by atoms with Crippen LogP contribution in [0.15, 0.2) is 0 Å². The van der Waals surface area contributed by atoms with Gasteiger partial charge in [-0.3, -0.25) is 4.79 Å². The lowest BCUT2D eigenvalue weighted by molar-refractivity contribution is -0.139. The molecule has 0 radical (unpaired) electrons. The van der Waals surface area contributed by atoms with Crippen LogP contribution >= 0.6 is 0 Å². The summed E-state index contributed by atoms with van der Waals surface area (Å²) in [5, 5.41) is 16.2. The third kappa shape index (κ3) is 5.03. The van der Waals surface area contributed by atoms with Gasteiger partial charge in [0.05, 0.1) is 0 Å². The zero-order valence-electron chi connectivity index (χ0n) is 10.4. The van der Waals surface area contributed by atoms with Crippen LogP contribution in [0.1, 0.15) is 26.2 Å². The van der Waals surface area contributed by atoms with E-state index in [1.165, 1.54) is 0 Å². The normalized spacial score (nSPS) is 15.6. The van der Waals surface area contributed by atoms with Crippen LogP contribution in [-0.4, -0.2) is 42.1 Å². The summed E-state index contributed by atoms with van der Waals surface area (Å²) in [6.45, 7) is 2.31. The van der Waals surface area contributed by atoms with Crippen molar-refractivity contribution in [3.8, 4) is 0 Å². The van der Waals surface area contributed by atoms with Gasteiger partial charge in [0.25, 0.3) is 0 Å². The fourth-order valence-corrected chi connectivity index (χ4v) is 1.40. The minimum Gasteiger partial charge on any atom is -0.480 e. The van der Waals surface area contributed by atoms with E-state index in [0.717, 1.165) is 12.8 Å². The molecule has 0 spiro atoms. The summed E-state index contributed by atoms with van der Waals surface area (Å²) in [5.41, 5.74) is 0. The van der Waals surface area contributed by atoms with E-state index in [9.17, 15) is 14.4 Å². The number of aliphatic carboxylic acids is 1. The quantitative estimate of drug-likeness (QED) is 0.468.